The summed E-state index contributed by atoms with van der Waals surface area (Å²) >= 11 is 0. The van der Waals surface area contributed by atoms with Crippen molar-refractivity contribution in [3.8, 4) is 0 Å². The van der Waals surface area contributed by atoms with Crippen molar-refractivity contribution in [2.24, 2.45) is 39.2 Å². The molecule has 0 amide bonds. The lowest BCUT2D eigenvalue weighted by Crippen LogP contribution is -2.29. The molecule has 3 unspecified atom stereocenters. The lowest BCUT2D eigenvalue weighted by Gasteiger charge is -2.34. The first-order chi connectivity index (χ1) is 18.7. The van der Waals surface area contributed by atoms with Crippen LogP contribution in [0, 0.1) is 38.9 Å². The highest BCUT2D eigenvalue weighted by Gasteiger charge is 2.53. The van der Waals surface area contributed by atoms with Crippen molar-refractivity contribution in [2.75, 3.05) is 0 Å². The maximum atomic E-state index is 12.1. The largest absolute Gasteiger partial charge is 0.481 e. The average Bonchev–Trinajstić information content (AvgIpc) is 3.10. The molecule has 4 N–H and O–H groups in total. The molecule has 1 aromatic rings. The Morgan fingerprint density at radius 1 is 0.927 bits per heavy atom. The molecule has 7 nitrogen and oxygen atoms in total. The highest BCUT2D eigenvalue weighted by atomic mass is 16.4. The smallest absolute Gasteiger partial charge is 0.300 e. The summed E-state index contributed by atoms with van der Waals surface area (Å²) in [4.78, 5) is 29.9. The molecule has 0 saturated carbocycles. The number of carboxylic acids is 1. The molecule has 4 aliphatic rings. The van der Waals surface area contributed by atoms with E-state index in [0.717, 1.165) is 38.9 Å². The van der Waals surface area contributed by atoms with Crippen LogP contribution in [0.4, 0.5) is 0 Å². The van der Waals surface area contributed by atoms with E-state index in [1.807, 2.05) is 6.20 Å². The number of Topliss-reactive ketones (excluding diaryl/α,β-unsaturated/α-hetero) is 1. The number of carbonyl (C=O) groups excluding carboxylic acids is 1. The summed E-state index contributed by atoms with van der Waals surface area (Å²) in [5.41, 5.74) is 13.5. The first kappa shape index (κ1) is 34.4. The quantitative estimate of drug-likeness (QED) is 0.217. The normalized spacial score (nSPS) is 27.4. The van der Waals surface area contributed by atoms with E-state index < -0.39 is 5.97 Å². The van der Waals surface area contributed by atoms with E-state index in [4.69, 9.17) is 15.3 Å². The number of ketones is 1. The standard InChI is InChI=1S/C17H24N2.C14H22O.C2H4O2.CH4N2/c1-10-7-13-14(15-12(10)8-18-9-19-15)17(5,6)11(2)16(13,3)4;1-9-13(2,3)10-7-6-8-11(15)12(10)14(9,4)5;1-2(3)4;2-1-3/h8-11H,7H2,1-6H3;9H,6-8H2,1-5H3;1H3,(H,3,4);1H,(H3,2,3). The Morgan fingerprint density at radius 2 is 1.39 bits per heavy atom. The molecule has 0 aromatic carbocycles. The van der Waals surface area contributed by atoms with Crippen LogP contribution in [0.3, 0.4) is 0 Å². The number of aliphatic carboxylic acids is 1. The van der Waals surface area contributed by atoms with Gasteiger partial charge in [-0.15, -0.1) is 0 Å². The van der Waals surface area contributed by atoms with Gasteiger partial charge in [-0.05, 0) is 69.8 Å². The molecule has 228 valence electrons. The van der Waals surface area contributed by atoms with Gasteiger partial charge in [0.15, 0.2) is 5.78 Å². The van der Waals surface area contributed by atoms with Crippen LogP contribution < -0.4 is 5.73 Å². The molecule has 0 aliphatic heterocycles. The van der Waals surface area contributed by atoms with Gasteiger partial charge in [0.25, 0.3) is 5.97 Å². The predicted octanol–water partition coefficient (Wildman–Crippen LogP) is 7.82. The van der Waals surface area contributed by atoms with Crippen molar-refractivity contribution in [1.82, 2.24) is 9.97 Å². The van der Waals surface area contributed by atoms with Crippen LogP contribution in [0.5, 0.6) is 0 Å². The van der Waals surface area contributed by atoms with Gasteiger partial charge in [-0.2, -0.15) is 0 Å². The third-order valence-electron chi connectivity index (χ3n) is 10.9. The second-order valence-electron chi connectivity index (χ2n) is 14.4. The number of carbonyl (C=O) groups is 2. The van der Waals surface area contributed by atoms with Crippen LogP contribution in [-0.2, 0) is 9.59 Å². The number of carboxylic acid groups (broad SMARTS) is 1. The number of nitrogens with zero attached hydrogens (tertiary/aromatic N) is 2. The molecule has 0 radical (unpaired) electrons. The van der Waals surface area contributed by atoms with E-state index in [0.29, 0.717) is 23.5 Å². The Kier molecular flexibility index (Phi) is 10.2. The van der Waals surface area contributed by atoms with Crippen molar-refractivity contribution in [3.05, 3.63) is 40.5 Å². The zero-order valence-electron chi connectivity index (χ0n) is 27.5. The molecule has 1 heterocycles. The molecule has 41 heavy (non-hydrogen) atoms. The van der Waals surface area contributed by atoms with Gasteiger partial charge >= 0.3 is 0 Å². The second-order valence-corrected chi connectivity index (χ2v) is 14.4. The highest BCUT2D eigenvalue weighted by molar-refractivity contribution is 5.99. The first-order valence-electron chi connectivity index (χ1n) is 14.9. The van der Waals surface area contributed by atoms with Crippen LogP contribution in [0.25, 0.3) is 5.57 Å². The molecule has 0 bridgehead atoms. The Balaban J connectivity index is 0.000000239. The lowest BCUT2D eigenvalue weighted by atomic mass is 9.69. The highest BCUT2D eigenvalue weighted by Crippen LogP contribution is 2.64. The molecule has 0 spiro atoms. The zero-order chi connectivity index (χ0) is 31.7. The number of nitrogens with one attached hydrogen (secondary N) is 1. The maximum absolute atomic E-state index is 12.1. The monoisotopic (exact) mass is 566 g/mol. The van der Waals surface area contributed by atoms with Gasteiger partial charge in [0, 0.05) is 25.1 Å². The van der Waals surface area contributed by atoms with Crippen LogP contribution in [0.15, 0.2) is 29.2 Å². The fourth-order valence-corrected chi connectivity index (χ4v) is 7.85. The minimum atomic E-state index is -0.833. The van der Waals surface area contributed by atoms with E-state index in [1.54, 1.807) is 11.9 Å². The van der Waals surface area contributed by atoms with Crippen LogP contribution >= 0.6 is 0 Å². The van der Waals surface area contributed by atoms with Crippen molar-refractivity contribution in [3.63, 3.8) is 0 Å². The molecular formula is C34H54N4O3. The molecule has 4 aliphatic carbocycles. The van der Waals surface area contributed by atoms with E-state index >= 15 is 0 Å². The zero-order valence-corrected chi connectivity index (χ0v) is 27.5. The summed E-state index contributed by atoms with van der Waals surface area (Å²) in [6.07, 6.45) is 8.60. The van der Waals surface area contributed by atoms with Crippen molar-refractivity contribution in [1.29, 1.82) is 5.41 Å². The number of rotatable bonds is 0. The summed E-state index contributed by atoms with van der Waals surface area (Å²) in [5, 5.41) is 13.3. The van der Waals surface area contributed by atoms with Gasteiger partial charge in [0.05, 0.1) is 12.0 Å². The molecule has 3 atom stereocenters. The Hall–Kier alpha value is -2.83. The molecule has 1 aromatic heterocycles. The molecule has 0 fully saturated rings. The molecular weight excluding hydrogens is 512 g/mol. The maximum Gasteiger partial charge on any atom is 0.300 e. The predicted molar refractivity (Wildman–Crippen MR) is 168 cm³/mol. The first-order valence-corrected chi connectivity index (χ1v) is 14.9. The SMILES string of the molecule is CC(=O)O.CC1C(C)(C)C2=C(C(=O)CCC2)C1(C)C.CC1CC2=C(c3ncncc31)C(C)(C)C(C)C2(C)C.N=CN. The molecule has 7 heteroatoms. The van der Waals surface area contributed by atoms with E-state index in [9.17, 15) is 4.79 Å². The second kappa shape index (κ2) is 12.2. The van der Waals surface area contributed by atoms with E-state index in [-0.39, 0.29) is 21.7 Å². The van der Waals surface area contributed by atoms with Crippen LogP contribution in [0.2, 0.25) is 0 Å². The Labute approximate surface area is 248 Å². The number of aromatic nitrogens is 2. The summed E-state index contributed by atoms with van der Waals surface area (Å²) in [6.45, 7) is 26.7. The van der Waals surface area contributed by atoms with Gasteiger partial charge in [-0.3, -0.25) is 15.0 Å². The summed E-state index contributed by atoms with van der Waals surface area (Å²) in [7, 11) is 0. The van der Waals surface area contributed by atoms with Gasteiger partial charge < -0.3 is 10.8 Å². The lowest BCUT2D eigenvalue weighted by molar-refractivity contribution is -0.134. The van der Waals surface area contributed by atoms with Gasteiger partial charge in [0.1, 0.15) is 6.33 Å². The number of fused-ring (bicyclic) bond motifs is 2. The topological polar surface area (TPSA) is 130 Å². The number of allylic oxidation sites excluding steroid dienone is 4. The summed E-state index contributed by atoms with van der Waals surface area (Å²) in [6, 6.07) is 0. The summed E-state index contributed by atoms with van der Waals surface area (Å²) in [5.74, 6) is 1.32. The Bertz CT molecular complexity index is 1230. The number of hydrogen-bond donors (Lipinski definition) is 3. The number of hydrogen-bond acceptors (Lipinski definition) is 5. The van der Waals surface area contributed by atoms with Crippen molar-refractivity contribution < 1.29 is 14.7 Å². The van der Waals surface area contributed by atoms with Gasteiger partial charge in [-0.25, -0.2) is 9.97 Å². The van der Waals surface area contributed by atoms with Gasteiger partial charge in [-0.1, -0.05) is 87.3 Å². The van der Waals surface area contributed by atoms with Crippen LogP contribution in [0.1, 0.15) is 126 Å². The summed E-state index contributed by atoms with van der Waals surface area (Å²) < 4.78 is 0. The van der Waals surface area contributed by atoms with Gasteiger partial charge in [0.2, 0.25) is 0 Å². The van der Waals surface area contributed by atoms with Crippen LogP contribution in [-0.4, -0.2) is 33.2 Å². The fraction of sp³-hybridized carbons (Fsp3) is 0.676. The fourth-order valence-electron chi connectivity index (χ4n) is 7.85. The average molecular weight is 567 g/mol. The molecule has 5 rings (SSSR count). The Morgan fingerprint density at radius 3 is 1.88 bits per heavy atom. The molecule has 0 saturated heterocycles. The number of nitrogens with two attached hydrogens (primary N) is 1. The van der Waals surface area contributed by atoms with E-state index in [2.05, 4.69) is 91.9 Å². The minimum Gasteiger partial charge on any atom is -0.481 e. The third kappa shape index (κ3) is 6.19. The van der Waals surface area contributed by atoms with Crippen molar-refractivity contribution in [2.45, 2.75) is 115 Å². The minimum absolute atomic E-state index is 0.0797. The third-order valence-corrected chi connectivity index (χ3v) is 10.9. The van der Waals surface area contributed by atoms with E-state index in [1.165, 1.54) is 28.0 Å². The van der Waals surface area contributed by atoms with Crippen molar-refractivity contribution >= 4 is 23.7 Å².